The minimum atomic E-state index is -3.19. The molecule has 194 valence electrons. The Hall–Kier alpha value is -3.44. The fraction of sp³-hybridized carbons (Fsp3) is 0.320. The molecule has 2 amide bonds. The molecule has 1 fully saturated rings. The van der Waals surface area contributed by atoms with Crippen molar-refractivity contribution >= 4 is 33.3 Å². The first-order chi connectivity index (χ1) is 17.6. The van der Waals surface area contributed by atoms with Gasteiger partial charge in [0.1, 0.15) is 24.7 Å². The lowest BCUT2D eigenvalue weighted by molar-refractivity contribution is -0.122. The van der Waals surface area contributed by atoms with Crippen LogP contribution >= 0.6 is 11.6 Å². The normalized spacial score (nSPS) is 17.4. The number of sulfone groups is 1. The van der Waals surface area contributed by atoms with Crippen LogP contribution in [0, 0.1) is 5.82 Å². The molecule has 0 saturated carbocycles. The third-order valence-electron chi connectivity index (χ3n) is 6.40. The van der Waals surface area contributed by atoms with E-state index >= 15 is 0 Å². The summed E-state index contributed by atoms with van der Waals surface area (Å²) in [5, 5.41) is 7.65. The van der Waals surface area contributed by atoms with Gasteiger partial charge in [-0.1, -0.05) is 23.7 Å². The lowest BCUT2D eigenvalue weighted by Gasteiger charge is -2.24. The van der Waals surface area contributed by atoms with Crippen molar-refractivity contribution in [2.24, 2.45) is 7.05 Å². The maximum absolute atomic E-state index is 13.9. The Morgan fingerprint density at radius 1 is 1.27 bits per heavy atom. The van der Waals surface area contributed by atoms with Gasteiger partial charge < -0.3 is 15.0 Å². The van der Waals surface area contributed by atoms with Gasteiger partial charge in [-0.05, 0) is 42.3 Å². The van der Waals surface area contributed by atoms with Crippen LogP contribution in [0.5, 0.6) is 5.75 Å². The van der Waals surface area contributed by atoms with Crippen molar-refractivity contribution in [3.8, 4) is 17.0 Å². The number of fused-ring (bicyclic) bond motifs is 3. The van der Waals surface area contributed by atoms with E-state index in [1.165, 1.54) is 23.1 Å². The average molecular weight is 547 g/mol. The number of benzene rings is 2. The second kappa shape index (κ2) is 9.79. The molecule has 37 heavy (non-hydrogen) atoms. The molecular formula is C25H24ClFN4O5S. The molecule has 1 atom stereocenters. The number of amides is 2. The highest BCUT2D eigenvalue weighted by atomic mass is 35.5. The fourth-order valence-electron chi connectivity index (χ4n) is 4.74. The molecule has 2 aliphatic rings. The second-order valence-corrected chi connectivity index (χ2v) is 11.9. The zero-order chi connectivity index (χ0) is 26.3. The number of aromatic nitrogens is 2. The largest absolute Gasteiger partial charge is 0.488 e. The number of hydrogen-bond donors (Lipinski definition) is 1. The summed E-state index contributed by atoms with van der Waals surface area (Å²) in [7, 11) is -1.49. The summed E-state index contributed by atoms with van der Waals surface area (Å²) in [5.41, 5.74) is 2.52. The number of rotatable bonds is 6. The van der Waals surface area contributed by atoms with Gasteiger partial charge in [-0.15, -0.1) is 0 Å². The molecule has 2 aliphatic heterocycles. The van der Waals surface area contributed by atoms with Crippen LogP contribution in [0.15, 0.2) is 42.5 Å². The van der Waals surface area contributed by atoms with Crippen molar-refractivity contribution in [1.82, 2.24) is 20.0 Å². The molecule has 3 heterocycles. The summed E-state index contributed by atoms with van der Waals surface area (Å²) in [6.45, 7) is -0.319. The summed E-state index contributed by atoms with van der Waals surface area (Å²) in [6.07, 6.45) is 0.318. The average Bonchev–Trinajstić information content (AvgIpc) is 3.36. The third-order valence-corrected chi connectivity index (χ3v) is 8.40. The molecule has 1 aromatic heterocycles. The van der Waals surface area contributed by atoms with E-state index < -0.39 is 33.5 Å². The quantitative estimate of drug-likeness (QED) is 0.509. The van der Waals surface area contributed by atoms with Crippen LogP contribution in [-0.4, -0.2) is 59.0 Å². The van der Waals surface area contributed by atoms with E-state index in [1.807, 2.05) is 0 Å². The summed E-state index contributed by atoms with van der Waals surface area (Å²) < 4.78 is 44.8. The minimum Gasteiger partial charge on any atom is -0.488 e. The molecule has 3 aromatic rings. The maximum Gasteiger partial charge on any atom is 0.275 e. The molecule has 1 N–H and O–H groups in total. The maximum atomic E-state index is 13.9. The molecule has 0 radical (unpaired) electrons. The van der Waals surface area contributed by atoms with Gasteiger partial charge in [0.25, 0.3) is 5.91 Å². The van der Waals surface area contributed by atoms with Crippen LogP contribution in [0.4, 0.5) is 4.39 Å². The first-order valence-electron chi connectivity index (χ1n) is 11.6. The second-order valence-electron chi connectivity index (χ2n) is 9.19. The lowest BCUT2D eigenvalue weighted by Crippen LogP contribution is -2.44. The number of hydrogen-bond acceptors (Lipinski definition) is 6. The van der Waals surface area contributed by atoms with E-state index in [9.17, 15) is 22.4 Å². The standard InChI is InChI=1S/C25H24ClFN4O5S/c1-30-24-19-10-16(26)5-6-21(19)36-13-20(24)23(29-30)25(33)31(11-15-3-2-4-17(27)9-15)12-22(32)28-18-7-8-37(34,35)14-18/h2-6,9-10,18H,7-8,11-14H2,1H3,(H,28,32). The van der Waals surface area contributed by atoms with Crippen molar-refractivity contribution in [2.75, 3.05) is 18.1 Å². The first kappa shape index (κ1) is 25.2. The van der Waals surface area contributed by atoms with Crippen molar-refractivity contribution in [1.29, 1.82) is 0 Å². The van der Waals surface area contributed by atoms with Crippen molar-refractivity contribution in [3.05, 3.63) is 70.1 Å². The van der Waals surface area contributed by atoms with Crippen LogP contribution in [-0.2, 0) is 34.8 Å². The summed E-state index contributed by atoms with van der Waals surface area (Å²) in [4.78, 5) is 27.9. The minimum absolute atomic E-state index is 0.00937. The Labute approximate surface area is 218 Å². The van der Waals surface area contributed by atoms with Crippen LogP contribution in [0.25, 0.3) is 11.3 Å². The van der Waals surface area contributed by atoms with Gasteiger partial charge in [-0.25, -0.2) is 12.8 Å². The zero-order valence-corrected chi connectivity index (χ0v) is 21.5. The van der Waals surface area contributed by atoms with Crippen LogP contribution in [0.3, 0.4) is 0 Å². The Balaban J connectivity index is 1.45. The van der Waals surface area contributed by atoms with Gasteiger partial charge >= 0.3 is 0 Å². The molecule has 0 aliphatic carbocycles. The van der Waals surface area contributed by atoms with E-state index in [2.05, 4.69) is 10.4 Å². The predicted octanol–water partition coefficient (Wildman–Crippen LogP) is 2.72. The Bertz CT molecular complexity index is 1510. The molecule has 2 aromatic carbocycles. The highest BCUT2D eigenvalue weighted by Gasteiger charge is 2.33. The summed E-state index contributed by atoms with van der Waals surface area (Å²) >= 11 is 6.19. The molecule has 1 saturated heterocycles. The Kier molecular flexibility index (Phi) is 6.67. The Morgan fingerprint density at radius 3 is 2.81 bits per heavy atom. The SMILES string of the molecule is Cn1nc(C(=O)N(CC(=O)NC2CCS(=O)(=O)C2)Cc2cccc(F)c2)c2c1-c1cc(Cl)ccc1OC2. The first-order valence-corrected chi connectivity index (χ1v) is 13.8. The molecular weight excluding hydrogens is 523 g/mol. The summed E-state index contributed by atoms with van der Waals surface area (Å²) in [6, 6.07) is 10.4. The molecule has 5 rings (SSSR count). The highest BCUT2D eigenvalue weighted by molar-refractivity contribution is 7.91. The lowest BCUT2D eigenvalue weighted by atomic mass is 10.0. The van der Waals surface area contributed by atoms with Gasteiger partial charge in [0.05, 0.1) is 17.2 Å². The number of halogens is 2. The van der Waals surface area contributed by atoms with Gasteiger partial charge in [-0.2, -0.15) is 5.10 Å². The van der Waals surface area contributed by atoms with E-state index in [-0.39, 0.29) is 36.9 Å². The smallest absolute Gasteiger partial charge is 0.275 e. The number of carbonyl (C=O) groups is 2. The zero-order valence-electron chi connectivity index (χ0n) is 19.9. The van der Waals surface area contributed by atoms with Crippen LogP contribution in [0.1, 0.15) is 28.0 Å². The number of carbonyl (C=O) groups excluding carboxylic acids is 2. The van der Waals surface area contributed by atoms with Gasteiger partial charge in [0, 0.05) is 35.8 Å². The molecule has 0 bridgehead atoms. The molecule has 12 heteroatoms. The van der Waals surface area contributed by atoms with E-state index in [1.54, 1.807) is 36.0 Å². The number of nitrogens with zero attached hydrogens (tertiary/aromatic N) is 3. The van der Waals surface area contributed by atoms with Gasteiger partial charge in [0.2, 0.25) is 5.91 Å². The van der Waals surface area contributed by atoms with Crippen LogP contribution < -0.4 is 10.1 Å². The predicted molar refractivity (Wildman–Crippen MR) is 134 cm³/mol. The Morgan fingerprint density at radius 2 is 2.08 bits per heavy atom. The van der Waals surface area contributed by atoms with E-state index in [4.69, 9.17) is 16.3 Å². The van der Waals surface area contributed by atoms with Gasteiger partial charge in [-0.3, -0.25) is 14.3 Å². The van der Waals surface area contributed by atoms with Crippen molar-refractivity contribution in [2.45, 2.75) is 25.6 Å². The summed E-state index contributed by atoms with van der Waals surface area (Å²) in [5.74, 6) is -1.03. The van der Waals surface area contributed by atoms with E-state index in [0.717, 1.165) is 0 Å². The topological polar surface area (TPSA) is 111 Å². The molecule has 1 unspecified atom stereocenters. The molecule has 9 nitrogen and oxygen atoms in total. The number of aryl methyl sites for hydroxylation is 1. The number of ether oxygens (including phenoxy) is 1. The van der Waals surface area contributed by atoms with Crippen LogP contribution in [0.2, 0.25) is 5.02 Å². The highest BCUT2D eigenvalue weighted by Crippen LogP contribution is 2.40. The van der Waals surface area contributed by atoms with Crippen molar-refractivity contribution in [3.63, 3.8) is 0 Å². The molecule has 0 spiro atoms. The van der Waals surface area contributed by atoms with Gasteiger partial charge in [0.15, 0.2) is 15.5 Å². The number of nitrogens with one attached hydrogen (secondary N) is 1. The van der Waals surface area contributed by atoms with E-state index in [0.29, 0.717) is 39.6 Å². The third kappa shape index (κ3) is 5.33. The fourth-order valence-corrected chi connectivity index (χ4v) is 6.58. The van der Waals surface area contributed by atoms with Crippen molar-refractivity contribution < 1.29 is 27.1 Å². The monoisotopic (exact) mass is 546 g/mol.